The van der Waals surface area contributed by atoms with E-state index in [9.17, 15) is 8.78 Å². The highest BCUT2D eigenvalue weighted by atomic mass is 19.2. The van der Waals surface area contributed by atoms with Gasteiger partial charge in [0.15, 0.2) is 11.6 Å². The van der Waals surface area contributed by atoms with Gasteiger partial charge < -0.3 is 16.2 Å². The summed E-state index contributed by atoms with van der Waals surface area (Å²) in [5.41, 5.74) is 11.4. The minimum atomic E-state index is -0.952. The normalized spacial score (nSPS) is 12.6. The molecule has 1 rings (SSSR count). The Balaban J connectivity index is 3.15. The number of nitrogens with two attached hydrogens (primary N) is 2. The second kappa shape index (κ2) is 5.04. The predicted octanol–water partition coefficient (Wildman–Crippen LogP) is 1.32. The highest BCUT2D eigenvalue weighted by Gasteiger charge is 2.15. The van der Waals surface area contributed by atoms with E-state index in [4.69, 9.17) is 16.2 Å². The Labute approximate surface area is 87.0 Å². The molecule has 0 aromatic heterocycles. The first-order valence-electron chi connectivity index (χ1n) is 4.67. The third-order valence-corrected chi connectivity index (χ3v) is 2.01. The molecule has 84 valence electrons. The largest absolute Gasteiger partial charge is 0.493 e. The molecule has 0 saturated carbocycles. The smallest absolute Gasteiger partial charge is 0.162 e. The van der Waals surface area contributed by atoms with E-state index in [1.54, 1.807) is 6.92 Å². The Hall–Kier alpha value is -1.20. The van der Waals surface area contributed by atoms with E-state index in [-0.39, 0.29) is 12.3 Å². The van der Waals surface area contributed by atoms with Crippen LogP contribution in [0.25, 0.3) is 0 Å². The van der Waals surface area contributed by atoms with Gasteiger partial charge in [-0.3, -0.25) is 0 Å². The van der Waals surface area contributed by atoms with Gasteiger partial charge in [0.2, 0.25) is 0 Å². The topological polar surface area (TPSA) is 61.3 Å². The first-order chi connectivity index (χ1) is 7.10. The summed E-state index contributed by atoms with van der Waals surface area (Å²) >= 11 is 0. The Morgan fingerprint density at radius 3 is 2.47 bits per heavy atom. The maximum atomic E-state index is 13.0. The fraction of sp³-hybridized carbons (Fsp3) is 0.400. The van der Waals surface area contributed by atoms with Crippen molar-refractivity contribution in [3.63, 3.8) is 0 Å². The van der Waals surface area contributed by atoms with Crippen LogP contribution in [0, 0.1) is 11.6 Å². The fourth-order valence-electron chi connectivity index (χ4n) is 1.24. The van der Waals surface area contributed by atoms with Gasteiger partial charge in [-0.1, -0.05) is 0 Å². The van der Waals surface area contributed by atoms with E-state index < -0.39 is 17.7 Å². The molecule has 0 spiro atoms. The Kier molecular flexibility index (Phi) is 3.99. The number of benzene rings is 1. The third kappa shape index (κ3) is 2.64. The lowest BCUT2D eigenvalue weighted by molar-refractivity contribution is 0.330. The monoisotopic (exact) mass is 216 g/mol. The van der Waals surface area contributed by atoms with Crippen LogP contribution in [0.15, 0.2) is 12.1 Å². The maximum Gasteiger partial charge on any atom is 0.162 e. The second-order valence-corrected chi connectivity index (χ2v) is 3.08. The fourth-order valence-corrected chi connectivity index (χ4v) is 1.24. The lowest BCUT2D eigenvalue weighted by Crippen LogP contribution is -2.22. The average Bonchev–Trinajstić information content (AvgIpc) is 2.22. The van der Waals surface area contributed by atoms with E-state index in [1.165, 1.54) is 0 Å². The van der Waals surface area contributed by atoms with Gasteiger partial charge in [-0.15, -0.1) is 0 Å². The second-order valence-electron chi connectivity index (χ2n) is 3.08. The van der Waals surface area contributed by atoms with Crippen molar-refractivity contribution in [2.75, 3.05) is 13.2 Å². The van der Waals surface area contributed by atoms with Crippen LogP contribution >= 0.6 is 0 Å². The molecular weight excluding hydrogens is 202 g/mol. The predicted molar refractivity (Wildman–Crippen MR) is 53.5 cm³/mol. The molecule has 0 bridgehead atoms. The minimum Gasteiger partial charge on any atom is -0.493 e. The number of ether oxygens (including phenoxy) is 1. The molecule has 3 nitrogen and oxygen atoms in total. The van der Waals surface area contributed by atoms with Crippen molar-refractivity contribution in [2.45, 2.75) is 13.0 Å². The average molecular weight is 216 g/mol. The first kappa shape index (κ1) is 11.9. The standard InChI is InChI=1S/C10H14F2N2O/c1-2-15-10-4-8(12)7(11)3-6(10)9(14)5-13/h3-4,9H,2,5,13-14H2,1H3. The molecular formula is C10H14F2N2O. The molecule has 0 saturated heterocycles. The number of halogens is 2. The van der Waals surface area contributed by atoms with Gasteiger partial charge in [-0.25, -0.2) is 8.78 Å². The van der Waals surface area contributed by atoms with Crippen molar-refractivity contribution < 1.29 is 13.5 Å². The van der Waals surface area contributed by atoms with Gasteiger partial charge in [0.25, 0.3) is 0 Å². The molecule has 0 heterocycles. The molecule has 0 fully saturated rings. The van der Waals surface area contributed by atoms with Crippen molar-refractivity contribution in [2.24, 2.45) is 11.5 Å². The molecule has 0 aliphatic carbocycles. The van der Waals surface area contributed by atoms with Gasteiger partial charge >= 0.3 is 0 Å². The minimum absolute atomic E-state index is 0.144. The van der Waals surface area contributed by atoms with Crippen molar-refractivity contribution >= 4 is 0 Å². The summed E-state index contributed by atoms with van der Waals surface area (Å²) in [6.45, 7) is 2.25. The van der Waals surface area contributed by atoms with Gasteiger partial charge in [0.1, 0.15) is 5.75 Å². The van der Waals surface area contributed by atoms with E-state index >= 15 is 0 Å². The molecule has 4 N–H and O–H groups in total. The molecule has 5 heteroatoms. The zero-order valence-corrected chi connectivity index (χ0v) is 8.47. The van der Waals surface area contributed by atoms with Crippen LogP contribution in [-0.4, -0.2) is 13.2 Å². The van der Waals surface area contributed by atoms with Crippen molar-refractivity contribution in [1.82, 2.24) is 0 Å². The van der Waals surface area contributed by atoms with Crippen molar-refractivity contribution in [3.05, 3.63) is 29.3 Å². The number of hydrogen-bond donors (Lipinski definition) is 2. The lowest BCUT2D eigenvalue weighted by atomic mass is 10.1. The molecule has 1 aromatic rings. The zero-order valence-electron chi connectivity index (χ0n) is 8.47. The summed E-state index contributed by atoms with van der Waals surface area (Å²) in [5, 5.41) is 0. The zero-order chi connectivity index (χ0) is 11.4. The van der Waals surface area contributed by atoms with Crippen LogP contribution in [0.3, 0.4) is 0 Å². The molecule has 1 aromatic carbocycles. The summed E-state index contributed by atoms with van der Waals surface area (Å²) < 4.78 is 31.0. The van der Waals surface area contributed by atoms with Gasteiger partial charge in [0.05, 0.1) is 6.61 Å². The molecule has 0 aliphatic heterocycles. The highest BCUT2D eigenvalue weighted by Crippen LogP contribution is 2.26. The number of hydrogen-bond acceptors (Lipinski definition) is 3. The van der Waals surface area contributed by atoms with Crippen LogP contribution in [-0.2, 0) is 0 Å². The molecule has 0 aliphatic rings. The lowest BCUT2D eigenvalue weighted by Gasteiger charge is -2.15. The van der Waals surface area contributed by atoms with Crippen LogP contribution in [0.5, 0.6) is 5.75 Å². The van der Waals surface area contributed by atoms with E-state index in [0.717, 1.165) is 12.1 Å². The summed E-state index contributed by atoms with van der Waals surface area (Å²) in [5.74, 6) is -1.65. The van der Waals surface area contributed by atoms with Gasteiger partial charge in [-0.2, -0.15) is 0 Å². The Morgan fingerprint density at radius 2 is 1.93 bits per heavy atom. The number of rotatable bonds is 4. The van der Waals surface area contributed by atoms with Gasteiger partial charge in [-0.05, 0) is 13.0 Å². The third-order valence-electron chi connectivity index (χ3n) is 2.01. The highest BCUT2D eigenvalue weighted by molar-refractivity contribution is 5.37. The molecule has 0 radical (unpaired) electrons. The van der Waals surface area contributed by atoms with Crippen LogP contribution in [0.1, 0.15) is 18.5 Å². The molecule has 0 amide bonds. The summed E-state index contributed by atoms with van der Waals surface area (Å²) in [6.07, 6.45) is 0. The van der Waals surface area contributed by atoms with Crippen molar-refractivity contribution in [1.29, 1.82) is 0 Å². The molecule has 1 unspecified atom stereocenters. The Morgan fingerprint density at radius 1 is 1.33 bits per heavy atom. The van der Waals surface area contributed by atoms with E-state index in [0.29, 0.717) is 12.2 Å². The van der Waals surface area contributed by atoms with E-state index in [2.05, 4.69) is 0 Å². The summed E-state index contributed by atoms with van der Waals surface area (Å²) in [7, 11) is 0. The summed E-state index contributed by atoms with van der Waals surface area (Å²) in [6, 6.07) is 1.46. The van der Waals surface area contributed by atoms with Crippen LogP contribution in [0.4, 0.5) is 8.78 Å². The van der Waals surface area contributed by atoms with Gasteiger partial charge in [0, 0.05) is 24.2 Å². The van der Waals surface area contributed by atoms with E-state index in [1.807, 2.05) is 0 Å². The van der Waals surface area contributed by atoms with Crippen LogP contribution in [0.2, 0.25) is 0 Å². The van der Waals surface area contributed by atoms with Crippen LogP contribution < -0.4 is 16.2 Å². The first-order valence-corrected chi connectivity index (χ1v) is 4.67. The quantitative estimate of drug-likeness (QED) is 0.798. The maximum absolute atomic E-state index is 13.0. The molecule has 1 atom stereocenters. The molecule has 15 heavy (non-hydrogen) atoms. The SMILES string of the molecule is CCOc1cc(F)c(F)cc1C(N)CN. The Bertz CT molecular complexity index is 344. The summed E-state index contributed by atoms with van der Waals surface area (Å²) in [4.78, 5) is 0. The van der Waals surface area contributed by atoms with Crippen molar-refractivity contribution in [3.8, 4) is 5.75 Å².